The molecule has 1 rings (SSSR count). The van der Waals surface area contributed by atoms with Gasteiger partial charge < -0.3 is 10.1 Å². The zero-order valence-electron chi connectivity index (χ0n) is 10.9. The van der Waals surface area contributed by atoms with Crippen LogP contribution in [0.2, 0.25) is 0 Å². The molecule has 0 aromatic heterocycles. The van der Waals surface area contributed by atoms with Crippen LogP contribution in [-0.2, 0) is 4.74 Å². The quantitative estimate of drug-likeness (QED) is 0.735. The minimum Gasteiger partial charge on any atom is -0.383 e. The van der Waals surface area contributed by atoms with E-state index in [-0.39, 0.29) is 0 Å². The molecule has 96 valence electrons. The Balaban J connectivity index is 2.34. The molecule has 0 saturated carbocycles. The fourth-order valence-electron chi connectivity index (χ4n) is 1.98. The molecule has 16 heavy (non-hydrogen) atoms. The number of nitrogens with one attached hydrogen (secondary N) is 1. The number of thioether (sulfide) groups is 1. The van der Waals surface area contributed by atoms with Crippen molar-refractivity contribution in [1.82, 2.24) is 10.2 Å². The zero-order chi connectivity index (χ0) is 11.8. The minimum absolute atomic E-state index is 0.656. The van der Waals surface area contributed by atoms with Crippen LogP contribution in [-0.4, -0.2) is 61.8 Å². The molecule has 1 fully saturated rings. The maximum atomic E-state index is 5.19. The van der Waals surface area contributed by atoms with Crippen LogP contribution < -0.4 is 5.32 Å². The molecule has 1 aliphatic rings. The van der Waals surface area contributed by atoms with Crippen molar-refractivity contribution in [1.29, 1.82) is 0 Å². The molecule has 0 aliphatic carbocycles. The van der Waals surface area contributed by atoms with Crippen molar-refractivity contribution in [2.45, 2.75) is 32.4 Å². The third kappa shape index (κ3) is 5.04. The molecule has 2 unspecified atom stereocenters. The first kappa shape index (κ1) is 14.3. The maximum absolute atomic E-state index is 5.19. The van der Waals surface area contributed by atoms with Gasteiger partial charge in [0.1, 0.15) is 0 Å². The van der Waals surface area contributed by atoms with Crippen LogP contribution in [0, 0.1) is 0 Å². The lowest BCUT2D eigenvalue weighted by molar-refractivity contribution is 0.116. The fourth-order valence-corrected chi connectivity index (χ4v) is 2.92. The van der Waals surface area contributed by atoms with Gasteiger partial charge in [0.15, 0.2) is 0 Å². The van der Waals surface area contributed by atoms with E-state index in [0.717, 1.165) is 26.2 Å². The average molecular weight is 246 g/mol. The maximum Gasteiger partial charge on any atom is 0.0589 e. The van der Waals surface area contributed by atoms with E-state index < -0.39 is 0 Å². The molecule has 2 atom stereocenters. The van der Waals surface area contributed by atoms with Crippen LogP contribution in [0.5, 0.6) is 0 Å². The van der Waals surface area contributed by atoms with E-state index in [1.807, 2.05) is 0 Å². The number of methoxy groups -OCH3 is 1. The Labute approximate surface area is 104 Å². The summed E-state index contributed by atoms with van der Waals surface area (Å²) in [6.07, 6.45) is 1.21. The Morgan fingerprint density at radius 1 is 1.56 bits per heavy atom. The van der Waals surface area contributed by atoms with Gasteiger partial charge in [-0.1, -0.05) is 6.92 Å². The van der Waals surface area contributed by atoms with Gasteiger partial charge in [-0.3, -0.25) is 4.90 Å². The van der Waals surface area contributed by atoms with E-state index in [9.17, 15) is 0 Å². The Bertz CT molecular complexity index is 174. The van der Waals surface area contributed by atoms with E-state index in [0.29, 0.717) is 12.1 Å². The van der Waals surface area contributed by atoms with Gasteiger partial charge in [0.05, 0.1) is 6.61 Å². The van der Waals surface area contributed by atoms with Crippen LogP contribution in [0.25, 0.3) is 0 Å². The molecule has 0 amide bonds. The Kier molecular flexibility index (Phi) is 7.45. The molecule has 0 spiro atoms. The van der Waals surface area contributed by atoms with Crippen LogP contribution >= 0.6 is 11.8 Å². The van der Waals surface area contributed by atoms with Crippen molar-refractivity contribution < 1.29 is 4.74 Å². The molecule has 0 radical (unpaired) electrons. The molecule has 1 aliphatic heterocycles. The fraction of sp³-hybridized carbons (Fsp3) is 1.00. The smallest absolute Gasteiger partial charge is 0.0589 e. The lowest BCUT2D eigenvalue weighted by Gasteiger charge is -2.33. The lowest BCUT2D eigenvalue weighted by Crippen LogP contribution is -2.49. The van der Waals surface area contributed by atoms with Crippen LogP contribution in [0.15, 0.2) is 0 Å². The number of ether oxygens (including phenoxy) is 1. The first-order chi connectivity index (χ1) is 7.77. The van der Waals surface area contributed by atoms with Gasteiger partial charge in [-0.25, -0.2) is 0 Å². The van der Waals surface area contributed by atoms with Crippen molar-refractivity contribution in [3.8, 4) is 0 Å². The molecule has 0 aromatic rings. The van der Waals surface area contributed by atoms with E-state index in [1.54, 1.807) is 7.11 Å². The van der Waals surface area contributed by atoms with Gasteiger partial charge >= 0.3 is 0 Å². The lowest BCUT2D eigenvalue weighted by atomic mass is 10.2. The predicted molar refractivity (Wildman–Crippen MR) is 72.3 cm³/mol. The molecule has 4 heteroatoms. The molecular formula is C12H26N2OS. The number of rotatable bonds is 7. The number of hydrogen-bond acceptors (Lipinski definition) is 4. The molecule has 0 aromatic carbocycles. The number of nitrogens with zero attached hydrogens (tertiary/aromatic N) is 1. The van der Waals surface area contributed by atoms with Crippen molar-refractivity contribution in [3.05, 3.63) is 0 Å². The molecule has 1 N–H and O–H groups in total. The molecular weight excluding hydrogens is 220 g/mol. The van der Waals surface area contributed by atoms with Crippen molar-refractivity contribution in [2.75, 3.05) is 44.9 Å². The second kappa shape index (κ2) is 8.34. The summed E-state index contributed by atoms with van der Waals surface area (Å²) in [6, 6.07) is 1.31. The third-order valence-corrected chi connectivity index (χ3v) is 4.38. The zero-order valence-corrected chi connectivity index (χ0v) is 11.7. The molecule has 1 heterocycles. The van der Waals surface area contributed by atoms with E-state index in [2.05, 4.69) is 35.8 Å². The van der Waals surface area contributed by atoms with Gasteiger partial charge in [-0.05, 0) is 13.3 Å². The van der Waals surface area contributed by atoms with Gasteiger partial charge in [-0.15, -0.1) is 0 Å². The standard InChI is InChI=1S/C12H26N2OS/c1-4-11(2)14(6-7-15-3)9-12-10-16-8-5-13-12/h11-13H,4-10H2,1-3H3. The Morgan fingerprint density at radius 2 is 2.38 bits per heavy atom. The highest BCUT2D eigenvalue weighted by Crippen LogP contribution is 2.11. The molecule has 0 bridgehead atoms. The van der Waals surface area contributed by atoms with Gasteiger partial charge in [0.2, 0.25) is 0 Å². The summed E-state index contributed by atoms with van der Waals surface area (Å²) in [5.74, 6) is 2.51. The minimum atomic E-state index is 0.656. The van der Waals surface area contributed by atoms with Crippen molar-refractivity contribution >= 4 is 11.8 Å². The van der Waals surface area contributed by atoms with E-state index in [1.165, 1.54) is 17.9 Å². The average Bonchev–Trinajstić information content (AvgIpc) is 2.34. The van der Waals surface area contributed by atoms with E-state index >= 15 is 0 Å². The summed E-state index contributed by atoms with van der Waals surface area (Å²) in [5, 5.41) is 3.60. The third-order valence-electron chi connectivity index (χ3n) is 3.25. The molecule has 1 saturated heterocycles. The summed E-state index contributed by atoms with van der Waals surface area (Å²) < 4.78 is 5.19. The van der Waals surface area contributed by atoms with Crippen LogP contribution in [0.4, 0.5) is 0 Å². The first-order valence-electron chi connectivity index (χ1n) is 6.32. The largest absolute Gasteiger partial charge is 0.383 e. The Morgan fingerprint density at radius 3 is 2.94 bits per heavy atom. The predicted octanol–water partition coefficient (Wildman–Crippen LogP) is 1.44. The normalized spacial score (nSPS) is 23.6. The summed E-state index contributed by atoms with van der Waals surface area (Å²) in [6.45, 7) is 8.77. The highest BCUT2D eigenvalue weighted by atomic mass is 32.2. The monoisotopic (exact) mass is 246 g/mol. The van der Waals surface area contributed by atoms with Gasteiger partial charge in [0, 0.05) is 50.3 Å². The highest BCUT2D eigenvalue weighted by Gasteiger charge is 2.19. The number of hydrogen-bond donors (Lipinski definition) is 1. The second-order valence-electron chi connectivity index (χ2n) is 4.47. The van der Waals surface area contributed by atoms with Gasteiger partial charge in [-0.2, -0.15) is 11.8 Å². The summed E-state index contributed by atoms with van der Waals surface area (Å²) in [7, 11) is 1.78. The topological polar surface area (TPSA) is 24.5 Å². The summed E-state index contributed by atoms with van der Waals surface area (Å²) in [5.41, 5.74) is 0. The molecule has 3 nitrogen and oxygen atoms in total. The van der Waals surface area contributed by atoms with Gasteiger partial charge in [0.25, 0.3) is 0 Å². The van der Waals surface area contributed by atoms with Crippen LogP contribution in [0.1, 0.15) is 20.3 Å². The van der Waals surface area contributed by atoms with Crippen molar-refractivity contribution in [3.63, 3.8) is 0 Å². The van der Waals surface area contributed by atoms with Crippen molar-refractivity contribution in [2.24, 2.45) is 0 Å². The van der Waals surface area contributed by atoms with Crippen LogP contribution in [0.3, 0.4) is 0 Å². The highest BCUT2D eigenvalue weighted by molar-refractivity contribution is 7.99. The Hall–Kier alpha value is 0.230. The summed E-state index contributed by atoms with van der Waals surface area (Å²) in [4.78, 5) is 2.55. The first-order valence-corrected chi connectivity index (χ1v) is 7.47. The second-order valence-corrected chi connectivity index (χ2v) is 5.62. The SMILES string of the molecule is CCC(C)N(CCOC)CC1CSCCN1. The summed E-state index contributed by atoms with van der Waals surface area (Å²) >= 11 is 2.07. The van der Waals surface area contributed by atoms with E-state index in [4.69, 9.17) is 4.74 Å².